The molecular weight excluding hydrogens is 557 g/mol. The minimum Gasteiger partial charge on any atom is -0.352 e. The highest BCUT2D eigenvalue weighted by molar-refractivity contribution is 7.92. The van der Waals surface area contributed by atoms with E-state index in [9.17, 15) is 18.0 Å². The van der Waals surface area contributed by atoms with E-state index in [1.54, 1.807) is 17.0 Å². The number of carbonyl (C=O) groups is 2. The summed E-state index contributed by atoms with van der Waals surface area (Å²) in [6.07, 6.45) is 7.20. The molecule has 10 heteroatoms. The van der Waals surface area contributed by atoms with Crippen LogP contribution in [0.15, 0.2) is 42.5 Å². The van der Waals surface area contributed by atoms with Gasteiger partial charge in [-0.05, 0) is 56.4 Å². The number of hydrogen-bond donors (Lipinski definition) is 1. The van der Waals surface area contributed by atoms with E-state index < -0.39 is 16.1 Å². The van der Waals surface area contributed by atoms with Crippen molar-refractivity contribution in [2.45, 2.75) is 83.8 Å². The van der Waals surface area contributed by atoms with Gasteiger partial charge in [-0.2, -0.15) is 0 Å². The largest absolute Gasteiger partial charge is 0.352 e. The Bertz CT molecular complexity index is 1250. The summed E-state index contributed by atoms with van der Waals surface area (Å²) in [7, 11) is -3.68. The lowest BCUT2D eigenvalue weighted by molar-refractivity contribution is -0.141. The number of benzene rings is 2. The van der Waals surface area contributed by atoms with Gasteiger partial charge in [-0.25, -0.2) is 8.42 Å². The molecule has 0 unspecified atom stereocenters. The summed E-state index contributed by atoms with van der Waals surface area (Å²) in [5.41, 5.74) is 2.28. The average molecular weight is 597 g/mol. The molecule has 2 aromatic rings. The molecule has 0 aliphatic heterocycles. The third-order valence-electron chi connectivity index (χ3n) is 7.10. The SMILES string of the molecule is CC[C@@H](C(=O)NC1CCCCC1)N(Cc1cccc(C)c1)C(=O)CCCN(c1cc(Cl)ccc1Cl)S(C)(=O)=O. The second kappa shape index (κ2) is 14.4. The predicted octanol–water partition coefficient (Wildman–Crippen LogP) is 6.10. The molecule has 1 saturated carbocycles. The normalized spacial score (nSPS) is 15.0. The van der Waals surface area contributed by atoms with Crippen LogP contribution in [0.5, 0.6) is 0 Å². The van der Waals surface area contributed by atoms with Crippen LogP contribution in [-0.4, -0.2) is 50.0 Å². The highest BCUT2D eigenvalue weighted by atomic mass is 35.5. The molecule has 1 aliphatic carbocycles. The van der Waals surface area contributed by atoms with Crippen molar-refractivity contribution in [3.8, 4) is 0 Å². The van der Waals surface area contributed by atoms with Gasteiger partial charge in [-0.15, -0.1) is 0 Å². The Balaban J connectivity index is 1.78. The Morgan fingerprint density at radius 1 is 1.08 bits per heavy atom. The van der Waals surface area contributed by atoms with Gasteiger partial charge in [0.25, 0.3) is 0 Å². The maximum Gasteiger partial charge on any atom is 0.243 e. The van der Waals surface area contributed by atoms with Crippen LogP contribution < -0.4 is 9.62 Å². The molecule has 1 aliphatic rings. The summed E-state index contributed by atoms with van der Waals surface area (Å²) in [5, 5.41) is 3.79. The zero-order chi connectivity index (χ0) is 28.6. The third-order valence-corrected chi connectivity index (χ3v) is 8.84. The molecule has 1 N–H and O–H groups in total. The van der Waals surface area contributed by atoms with Crippen molar-refractivity contribution in [2.75, 3.05) is 17.1 Å². The Morgan fingerprint density at radius 2 is 1.79 bits per heavy atom. The van der Waals surface area contributed by atoms with Gasteiger partial charge in [0, 0.05) is 30.6 Å². The maximum atomic E-state index is 13.6. The average Bonchev–Trinajstić information content (AvgIpc) is 2.88. The van der Waals surface area contributed by atoms with Gasteiger partial charge in [0.05, 0.1) is 17.0 Å². The number of nitrogens with zero attached hydrogens (tertiary/aromatic N) is 2. The van der Waals surface area contributed by atoms with E-state index in [1.807, 2.05) is 38.1 Å². The summed E-state index contributed by atoms with van der Waals surface area (Å²) in [6.45, 7) is 4.25. The Morgan fingerprint density at radius 3 is 2.44 bits per heavy atom. The topological polar surface area (TPSA) is 86.8 Å². The molecule has 0 bridgehead atoms. The van der Waals surface area contributed by atoms with Crippen molar-refractivity contribution >= 4 is 50.7 Å². The molecule has 3 rings (SSSR count). The lowest BCUT2D eigenvalue weighted by Gasteiger charge is -2.33. The van der Waals surface area contributed by atoms with Gasteiger partial charge in [0.1, 0.15) is 6.04 Å². The third kappa shape index (κ3) is 9.12. The van der Waals surface area contributed by atoms with E-state index in [1.165, 1.54) is 16.8 Å². The Labute approximate surface area is 242 Å². The fraction of sp³-hybridized carbons (Fsp3) is 0.517. The molecule has 2 aromatic carbocycles. The summed E-state index contributed by atoms with van der Waals surface area (Å²) < 4.78 is 26.3. The van der Waals surface area contributed by atoms with Crippen molar-refractivity contribution < 1.29 is 18.0 Å². The van der Waals surface area contributed by atoms with Crippen LogP contribution in [0.25, 0.3) is 0 Å². The zero-order valence-electron chi connectivity index (χ0n) is 23.0. The number of carbonyl (C=O) groups excluding carboxylic acids is 2. The minimum atomic E-state index is -3.68. The molecule has 214 valence electrons. The van der Waals surface area contributed by atoms with Crippen LogP contribution in [-0.2, 0) is 26.2 Å². The van der Waals surface area contributed by atoms with E-state index in [0.29, 0.717) is 18.0 Å². The first-order valence-corrected chi connectivity index (χ1v) is 16.2. The van der Waals surface area contributed by atoms with E-state index in [4.69, 9.17) is 23.2 Å². The Kier molecular flexibility index (Phi) is 11.5. The highest BCUT2D eigenvalue weighted by Crippen LogP contribution is 2.31. The number of anilines is 1. The van der Waals surface area contributed by atoms with E-state index in [0.717, 1.165) is 43.1 Å². The summed E-state index contributed by atoms with van der Waals surface area (Å²) in [6, 6.07) is 12.0. The molecule has 1 fully saturated rings. The fourth-order valence-corrected chi connectivity index (χ4v) is 6.54. The van der Waals surface area contributed by atoms with Crippen molar-refractivity contribution in [1.82, 2.24) is 10.2 Å². The molecule has 0 saturated heterocycles. The van der Waals surface area contributed by atoms with Crippen LogP contribution in [0, 0.1) is 6.92 Å². The lowest BCUT2D eigenvalue weighted by Crippen LogP contribution is -2.51. The first kappa shape index (κ1) is 31.2. The second-order valence-electron chi connectivity index (χ2n) is 10.3. The molecule has 0 aromatic heterocycles. The van der Waals surface area contributed by atoms with Gasteiger partial charge < -0.3 is 10.2 Å². The molecule has 7 nitrogen and oxygen atoms in total. The number of nitrogens with one attached hydrogen (secondary N) is 1. The maximum absolute atomic E-state index is 13.6. The molecule has 2 amide bonds. The molecule has 1 atom stereocenters. The smallest absolute Gasteiger partial charge is 0.243 e. The van der Waals surface area contributed by atoms with E-state index >= 15 is 0 Å². The molecule has 0 heterocycles. The summed E-state index contributed by atoms with van der Waals surface area (Å²) in [4.78, 5) is 28.7. The molecule has 0 spiro atoms. The quantitative estimate of drug-likeness (QED) is 0.321. The van der Waals surface area contributed by atoms with Crippen molar-refractivity contribution in [2.24, 2.45) is 0 Å². The lowest BCUT2D eigenvalue weighted by atomic mass is 9.95. The number of sulfonamides is 1. The van der Waals surface area contributed by atoms with Crippen LogP contribution in [0.3, 0.4) is 0 Å². The first-order valence-electron chi connectivity index (χ1n) is 13.6. The van der Waals surface area contributed by atoms with E-state index in [-0.39, 0.29) is 48.0 Å². The second-order valence-corrected chi connectivity index (χ2v) is 13.1. The first-order chi connectivity index (χ1) is 18.5. The number of rotatable bonds is 12. The van der Waals surface area contributed by atoms with Crippen LogP contribution in [0.1, 0.15) is 69.4 Å². The van der Waals surface area contributed by atoms with Gasteiger partial charge in [0.2, 0.25) is 21.8 Å². The van der Waals surface area contributed by atoms with Crippen LogP contribution in [0.4, 0.5) is 5.69 Å². The number of halogens is 2. The highest BCUT2D eigenvalue weighted by Gasteiger charge is 2.30. The molecular formula is C29H39Cl2N3O4S. The predicted molar refractivity (Wildman–Crippen MR) is 159 cm³/mol. The zero-order valence-corrected chi connectivity index (χ0v) is 25.3. The van der Waals surface area contributed by atoms with Gasteiger partial charge >= 0.3 is 0 Å². The van der Waals surface area contributed by atoms with Gasteiger partial charge in [0.15, 0.2) is 0 Å². The van der Waals surface area contributed by atoms with Crippen molar-refractivity contribution in [1.29, 1.82) is 0 Å². The molecule has 39 heavy (non-hydrogen) atoms. The van der Waals surface area contributed by atoms with Gasteiger partial charge in [-0.1, -0.05) is 79.2 Å². The summed E-state index contributed by atoms with van der Waals surface area (Å²) in [5.74, 6) is -0.332. The van der Waals surface area contributed by atoms with Crippen LogP contribution in [0.2, 0.25) is 10.0 Å². The standard InChI is InChI=1S/C29H39Cl2N3O4S/c1-4-26(29(36)32-24-12-6-5-7-13-24)33(20-22-11-8-10-21(2)18-22)28(35)14-9-17-34(39(3,37)38)27-19-23(30)15-16-25(27)31/h8,10-11,15-16,18-19,24,26H,4-7,9,12-14,17,20H2,1-3H3,(H,32,36)/t26-/m0/s1. The number of aryl methyl sites for hydroxylation is 1. The van der Waals surface area contributed by atoms with Crippen LogP contribution >= 0.6 is 23.2 Å². The van der Waals surface area contributed by atoms with Crippen molar-refractivity contribution in [3.05, 3.63) is 63.6 Å². The number of amides is 2. The fourth-order valence-electron chi connectivity index (χ4n) is 5.13. The van der Waals surface area contributed by atoms with Gasteiger partial charge in [-0.3, -0.25) is 13.9 Å². The monoisotopic (exact) mass is 595 g/mol. The molecule has 0 radical (unpaired) electrons. The van der Waals surface area contributed by atoms with Crippen molar-refractivity contribution in [3.63, 3.8) is 0 Å². The Hall–Kier alpha value is -2.29. The van der Waals surface area contributed by atoms with E-state index in [2.05, 4.69) is 5.32 Å². The summed E-state index contributed by atoms with van der Waals surface area (Å²) >= 11 is 12.4. The minimum absolute atomic E-state index is 0.0496. The number of hydrogen-bond acceptors (Lipinski definition) is 4.